The highest BCUT2D eigenvalue weighted by Crippen LogP contribution is 2.37. The van der Waals surface area contributed by atoms with Gasteiger partial charge in [0.25, 0.3) is 0 Å². The first-order chi connectivity index (χ1) is 4.93. The van der Waals surface area contributed by atoms with Gasteiger partial charge in [-0.25, -0.2) is 0 Å². The average molecular weight is 196 g/mol. The number of aliphatic hydroxyl groups excluding tert-OH is 1. The van der Waals surface area contributed by atoms with Crippen LogP contribution in [0.4, 0.5) is 0 Å². The standard InChI is InChI=1S/C6H12OS3/c7-3-1-2-6-9-4-8-5-10-6/h6-7H,1-5H2. The monoisotopic (exact) mass is 196 g/mol. The smallest absolute Gasteiger partial charge is 0.0519 e. The van der Waals surface area contributed by atoms with E-state index >= 15 is 0 Å². The van der Waals surface area contributed by atoms with Crippen molar-refractivity contribution < 1.29 is 5.11 Å². The van der Waals surface area contributed by atoms with E-state index in [0.29, 0.717) is 6.61 Å². The molecule has 1 N–H and O–H groups in total. The summed E-state index contributed by atoms with van der Waals surface area (Å²) in [7, 11) is 0. The Hall–Kier alpha value is 1.01. The van der Waals surface area contributed by atoms with Crippen LogP contribution >= 0.6 is 35.3 Å². The minimum Gasteiger partial charge on any atom is -0.396 e. The van der Waals surface area contributed by atoms with E-state index in [-0.39, 0.29) is 0 Å². The van der Waals surface area contributed by atoms with Crippen molar-refractivity contribution >= 4 is 35.3 Å². The summed E-state index contributed by atoms with van der Waals surface area (Å²) in [5, 5.41) is 11.1. The van der Waals surface area contributed by atoms with E-state index in [1.807, 2.05) is 35.3 Å². The molecule has 0 amide bonds. The molecule has 1 heterocycles. The third-order valence-electron chi connectivity index (χ3n) is 1.27. The Bertz CT molecular complexity index is 83.1. The van der Waals surface area contributed by atoms with Crippen LogP contribution in [0.5, 0.6) is 0 Å². The zero-order chi connectivity index (χ0) is 7.23. The maximum Gasteiger partial charge on any atom is 0.0519 e. The lowest BCUT2D eigenvalue weighted by Crippen LogP contribution is -2.03. The summed E-state index contributed by atoms with van der Waals surface area (Å²) in [6, 6.07) is 0. The van der Waals surface area contributed by atoms with Crippen LogP contribution in [0.2, 0.25) is 0 Å². The molecule has 4 heteroatoms. The third kappa shape index (κ3) is 3.42. The molecule has 1 nitrogen and oxygen atoms in total. The lowest BCUT2D eigenvalue weighted by molar-refractivity contribution is 0.286. The second kappa shape index (κ2) is 5.63. The molecule has 60 valence electrons. The predicted octanol–water partition coefficient (Wildman–Crippen LogP) is 2.21. The van der Waals surface area contributed by atoms with E-state index in [2.05, 4.69) is 0 Å². The number of hydrogen-bond donors (Lipinski definition) is 1. The molecule has 1 rings (SSSR count). The molecular formula is C6H12OS3. The predicted molar refractivity (Wildman–Crippen MR) is 52.6 cm³/mol. The first-order valence-electron chi connectivity index (χ1n) is 3.35. The molecule has 0 radical (unpaired) electrons. The van der Waals surface area contributed by atoms with Gasteiger partial charge in [-0.05, 0) is 12.8 Å². The Morgan fingerprint density at radius 2 is 2.00 bits per heavy atom. The quantitative estimate of drug-likeness (QED) is 0.746. The number of aliphatic hydroxyl groups is 1. The minimum atomic E-state index is 0.352. The molecule has 1 fully saturated rings. The molecule has 0 aromatic carbocycles. The van der Waals surface area contributed by atoms with E-state index in [9.17, 15) is 0 Å². The minimum absolute atomic E-state index is 0.352. The number of thioether (sulfide) groups is 3. The van der Waals surface area contributed by atoms with E-state index in [0.717, 1.165) is 11.0 Å². The summed E-state index contributed by atoms with van der Waals surface area (Å²) < 4.78 is 0.758. The van der Waals surface area contributed by atoms with Crippen LogP contribution < -0.4 is 0 Å². The zero-order valence-corrected chi connectivity index (χ0v) is 8.23. The molecule has 0 aromatic rings. The summed E-state index contributed by atoms with van der Waals surface area (Å²) in [6.45, 7) is 0.352. The maximum atomic E-state index is 8.57. The van der Waals surface area contributed by atoms with Gasteiger partial charge in [-0.2, -0.15) is 0 Å². The fourth-order valence-corrected chi connectivity index (χ4v) is 5.67. The maximum absolute atomic E-state index is 8.57. The SMILES string of the molecule is OCCCC1SCSCS1. The van der Waals surface area contributed by atoms with Gasteiger partial charge in [0.15, 0.2) is 0 Å². The Morgan fingerprint density at radius 3 is 2.60 bits per heavy atom. The highest BCUT2D eigenvalue weighted by Gasteiger charge is 2.13. The summed E-state index contributed by atoms with van der Waals surface area (Å²) in [4.78, 5) is 0. The molecular weight excluding hydrogens is 184 g/mol. The molecule has 0 atom stereocenters. The van der Waals surface area contributed by atoms with Crippen molar-refractivity contribution in [2.75, 3.05) is 16.8 Å². The van der Waals surface area contributed by atoms with Crippen molar-refractivity contribution in [3.63, 3.8) is 0 Å². The van der Waals surface area contributed by atoms with Crippen molar-refractivity contribution in [3.8, 4) is 0 Å². The van der Waals surface area contributed by atoms with Gasteiger partial charge in [0, 0.05) is 16.8 Å². The largest absolute Gasteiger partial charge is 0.396 e. The van der Waals surface area contributed by atoms with Crippen LogP contribution in [0.3, 0.4) is 0 Å². The fourth-order valence-electron chi connectivity index (χ4n) is 0.755. The van der Waals surface area contributed by atoms with Gasteiger partial charge in [-0.1, -0.05) is 0 Å². The van der Waals surface area contributed by atoms with Gasteiger partial charge >= 0.3 is 0 Å². The Balaban J connectivity index is 2.02. The highest BCUT2D eigenvalue weighted by atomic mass is 32.3. The highest BCUT2D eigenvalue weighted by molar-refractivity contribution is 8.32. The van der Waals surface area contributed by atoms with Gasteiger partial charge < -0.3 is 5.11 Å². The van der Waals surface area contributed by atoms with Crippen molar-refractivity contribution in [2.45, 2.75) is 17.4 Å². The molecule has 0 saturated carbocycles. The molecule has 1 aliphatic heterocycles. The summed E-state index contributed by atoms with van der Waals surface area (Å²) in [6.07, 6.45) is 2.14. The van der Waals surface area contributed by atoms with E-state index in [1.54, 1.807) is 0 Å². The van der Waals surface area contributed by atoms with Gasteiger partial charge in [0.2, 0.25) is 0 Å². The Labute approximate surface area is 74.7 Å². The summed E-state index contributed by atoms with van der Waals surface area (Å²) in [5.74, 6) is 0. The lowest BCUT2D eigenvalue weighted by atomic mass is 10.4. The zero-order valence-electron chi connectivity index (χ0n) is 5.78. The molecule has 0 aromatic heterocycles. The van der Waals surface area contributed by atoms with Gasteiger partial charge in [0.1, 0.15) is 0 Å². The Kier molecular flexibility index (Phi) is 5.13. The van der Waals surface area contributed by atoms with E-state index < -0.39 is 0 Å². The van der Waals surface area contributed by atoms with Gasteiger partial charge in [-0.3, -0.25) is 0 Å². The van der Waals surface area contributed by atoms with Crippen LogP contribution in [0, 0.1) is 0 Å². The van der Waals surface area contributed by atoms with Gasteiger partial charge in [-0.15, -0.1) is 35.3 Å². The Morgan fingerprint density at radius 1 is 1.30 bits per heavy atom. The average Bonchev–Trinajstić information content (AvgIpc) is 2.03. The van der Waals surface area contributed by atoms with Crippen LogP contribution in [0.25, 0.3) is 0 Å². The molecule has 0 spiro atoms. The molecule has 0 aliphatic carbocycles. The normalized spacial score (nSPS) is 21.3. The first kappa shape index (κ1) is 9.10. The summed E-state index contributed by atoms with van der Waals surface area (Å²) in [5.41, 5.74) is 0. The second-order valence-electron chi connectivity index (χ2n) is 2.07. The first-order valence-corrected chi connectivity index (χ1v) is 6.60. The van der Waals surface area contributed by atoms with Gasteiger partial charge in [0.05, 0.1) is 4.58 Å². The number of hydrogen-bond acceptors (Lipinski definition) is 4. The molecule has 0 bridgehead atoms. The van der Waals surface area contributed by atoms with Crippen molar-refractivity contribution in [2.24, 2.45) is 0 Å². The number of rotatable bonds is 3. The van der Waals surface area contributed by atoms with E-state index in [4.69, 9.17) is 5.11 Å². The molecule has 10 heavy (non-hydrogen) atoms. The lowest BCUT2D eigenvalue weighted by Gasteiger charge is -2.19. The van der Waals surface area contributed by atoms with Crippen molar-refractivity contribution in [3.05, 3.63) is 0 Å². The van der Waals surface area contributed by atoms with Crippen LogP contribution in [0.1, 0.15) is 12.8 Å². The fraction of sp³-hybridized carbons (Fsp3) is 1.00. The molecule has 0 unspecified atom stereocenters. The van der Waals surface area contributed by atoms with Crippen molar-refractivity contribution in [1.82, 2.24) is 0 Å². The van der Waals surface area contributed by atoms with E-state index in [1.165, 1.54) is 16.6 Å². The van der Waals surface area contributed by atoms with Crippen molar-refractivity contribution in [1.29, 1.82) is 0 Å². The van der Waals surface area contributed by atoms with Crippen LogP contribution in [-0.2, 0) is 0 Å². The second-order valence-corrected chi connectivity index (χ2v) is 6.47. The topological polar surface area (TPSA) is 20.2 Å². The van der Waals surface area contributed by atoms with Crippen LogP contribution in [-0.4, -0.2) is 26.5 Å². The van der Waals surface area contributed by atoms with Crippen LogP contribution in [0.15, 0.2) is 0 Å². The summed E-state index contributed by atoms with van der Waals surface area (Å²) >= 11 is 6.03. The molecule has 1 aliphatic rings. The molecule has 1 saturated heterocycles. The third-order valence-corrected chi connectivity index (χ3v) is 5.73.